The summed E-state index contributed by atoms with van der Waals surface area (Å²) in [7, 11) is 1.73. The van der Waals surface area contributed by atoms with Gasteiger partial charge in [0, 0.05) is 29.9 Å². The smallest absolute Gasteiger partial charge is 0.253 e. The van der Waals surface area contributed by atoms with Gasteiger partial charge in [-0.2, -0.15) is 0 Å². The summed E-state index contributed by atoms with van der Waals surface area (Å²) in [6.45, 7) is 1.79. The molecule has 1 aromatic heterocycles. The lowest BCUT2D eigenvalue weighted by Crippen LogP contribution is -2.43. The number of carbonyl (C=O) groups excluding carboxylic acids is 1. The zero-order valence-electron chi connectivity index (χ0n) is 15.9. The van der Waals surface area contributed by atoms with E-state index in [0.717, 1.165) is 11.3 Å². The van der Waals surface area contributed by atoms with Gasteiger partial charge in [-0.25, -0.2) is 0 Å². The van der Waals surface area contributed by atoms with Gasteiger partial charge in [0.05, 0.1) is 23.7 Å². The maximum Gasteiger partial charge on any atom is 0.253 e. The molecule has 0 bridgehead atoms. The van der Waals surface area contributed by atoms with Gasteiger partial charge in [0.2, 0.25) is 5.91 Å². The van der Waals surface area contributed by atoms with Gasteiger partial charge in [0.1, 0.15) is 0 Å². The predicted octanol–water partition coefficient (Wildman–Crippen LogP) is 2.31. The van der Waals surface area contributed by atoms with E-state index in [-0.39, 0.29) is 35.5 Å². The van der Waals surface area contributed by atoms with Crippen molar-refractivity contribution in [2.75, 3.05) is 4.90 Å². The van der Waals surface area contributed by atoms with E-state index in [0.29, 0.717) is 16.5 Å². The van der Waals surface area contributed by atoms with Crippen LogP contribution >= 0.6 is 11.6 Å². The third-order valence-electron chi connectivity index (χ3n) is 6.30. The standard InChI is InChI=1S/C21H23ClN4O2/c1-11-9-15(10-25(2)20(11)27)26-19(13-5-7-14(22)8-6-13)18-16(21(26)28)17(23-24-18)12-3-4-12/h5-10,12,16-19,23-24H,3-4H2,1-2H3. The van der Waals surface area contributed by atoms with Gasteiger partial charge < -0.3 is 9.47 Å². The molecule has 28 heavy (non-hydrogen) atoms. The van der Waals surface area contributed by atoms with Gasteiger partial charge in [-0.1, -0.05) is 23.7 Å². The Morgan fingerprint density at radius 3 is 2.39 bits per heavy atom. The average Bonchev–Trinajstić information content (AvgIpc) is 3.35. The minimum Gasteiger partial charge on any atom is -0.316 e. The molecule has 146 valence electrons. The number of halogens is 1. The third-order valence-corrected chi connectivity index (χ3v) is 6.55. The van der Waals surface area contributed by atoms with Gasteiger partial charge >= 0.3 is 0 Å². The number of anilines is 1. The van der Waals surface area contributed by atoms with Crippen LogP contribution in [0.4, 0.5) is 5.69 Å². The normalized spacial score (nSPS) is 29.4. The molecule has 3 aliphatic rings. The number of benzene rings is 1. The van der Waals surface area contributed by atoms with Crippen molar-refractivity contribution in [2.24, 2.45) is 18.9 Å². The molecule has 4 unspecified atom stereocenters. The molecule has 3 heterocycles. The molecular weight excluding hydrogens is 376 g/mol. The second-order valence-electron chi connectivity index (χ2n) is 8.21. The monoisotopic (exact) mass is 398 g/mol. The predicted molar refractivity (Wildman–Crippen MR) is 108 cm³/mol. The second kappa shape index (κ2) is 6.44. The zero-order chi connectivity index (χ0) is 19.6. The molecule has 2 aromatic rings. The minimum atomic E-state index is -0.164. The Balaban J connectivity index is 1.63. The highest BCUT2D eigenvalue weighted by molar-refractivity contribution is 6.30. The van der Waals surface area contributed by atoms with Gasteiger partial charge in [0.25, 0.3) is 5.56 Å². The SMILES string of the molecule is Cc1cc(N2C(=O)C3C(C4CC4)NNC3C2c2ccc(Cl)cc2)cn(C)c1=O. The zero-order valence-corrected chi connectivity index (χ0v) is 16.6. The Morgan fingerprint density at radius 2 is 1.75 bits per heavy atom. The summed E-state index contributed by atoms with van der Waals surface area (Å²) in [6, 6.07) is 9.47. The number of rotatable bonds is 3. The van der Waals surface area contributed by atoms with Crippen LogP contribution in [0.3, 0.4) is 0 Å². The second-order valence-corrected chi connectivity index (χ2v) is 8.64. The third kappa shape index (κ3) is 2.70. The summed E-state index contributed by atoms with van der Waals surface area (Å²) in [5.74, 6) is 0.544. The Kier molecular flexibility index (Phi) is 4.12. The van der Waals surface area contributed by atoms with E-state index >= 15 is 0 Å². The molecular formula is C21H23ClN4O2. The number of aromatic nitrogens is 1. The average molecular weight is 399 g/mol. The highest BCUT2D eigenvalue weighted by Crippen LogP contribution is 2.48. The number of fused-ring (bicyclic) bond motifs is 1. The quantitative estimate of drug-likeness (QED) is 0.832. The minimum absolute atomic E-state index is 0.0307. The van der Waals surface area contributed by atoms with Crippen molar-refractivity contribution in [1.29, 1.82) is 0 Å². The van der Waals surface area contributed by atoms with Crippen LogP contribution in [-0.2, 0) is 11.8 Å². The summed E-state index contributed by atoms with van der Waals surface area (Å²) < 4.78 is 1.55. The Bertz CT molecular complexity index is 972. The summed E-state index contributed by atoms with van der Waals surface area (Å²) >= 11 is 6.10. The maximum atomic E-state index is 13.6. The number of amides is 1. The van der Waals surface area contributed by atoms with Crippen LogP contribution in [0.15, 0.2) is 41.3 Å². The van der Waals surface area contributed by atoms with Crippen LogP contribution < -0.4 is 21.3 Å². The van der Waals surface area contributed by atoms with E-state index in [1.54, 1.807) is 24.7 Å². The van der Waals surface area contributed by atoms with Gasteiger partial charge in [0.15, 0.2) is 0 Å². The highest BCUT2D eigenvalue weighted by Gasteiger charge is 2.58. The van der Waals surface area contributed by atoms with Crippen LogP contribution in [0.5, 0.6) is 0 Å². The first kappa shape index (κ1) is 17.9. The van der Waals surface area contributed by atoms with Crippen molar-refractivity contribution in [3.8, 4) is 0 Å². The van der Waals surface area contributed by atoms with Crippen molar-refractivity contribution in [3.63, 3.8) is 0 Å². The Hall–Kier alpha value is -2.15. The fourth-order valence-corrected chi connectivity index (χ4v) is 4.92. The van der Waals surface area contributed by atoms with E-state index in [9.17, 15) is 9.59 Å². The van der Waals surface area contributed by atoms with E-state index in [2.05, 4.69) is 10.9 Å². The Labute approximate surface area is 168 Å². The van der Waals surface area contributed by atoms with E-state index in [4.69, 9.17) is 11.6 Å². The number of nitrogens with zero attached hydrogens (tertiary/aromatic N) is 2. The van der Waals surface area contributed by atoms with E-state index < -0.39 is 0 Å². The van der Waals surface area contributed by atoms with Crippen LogP contribution in [0.25, 0.3) is 0 Å². The van der Waals surface area contributed by atoms with Crippen LogP contribution in [0, 0.1) is 18.8 Å². The topological polar surface area (TPSA) is 66.4 Å². The lowest BCUT2D eigenvalue weighted by atomic mass is 9.89. The number of hydrazine groups is 1. The molecule has 5 rings (SSSR count). The molecule has 0 spiro atoms. The molecule has 6 nitrogen and oxygen atoms in total. The van der Waals surface area contributed by atoms with Gasteiger partial charge in [-0.05, 0) is 49.4 Å². The molecule has 7 heteroatoms. The number of hydrogen-bond donors (Lipinski definition) is 2. The van der Waals surface area contributed by atoms with Crippen molar-refractivity contribution in [3.05, 3.63) is 63.0 Å². The fraction of sp³-hybridized carbons (Fsp3) is 0.429. The summed E-state index contributed by atoms with van der Waals surface area (Å²) in [5.41, 5.74) is 9.17. The molecule has 1 amide bonds. The molecule has 4 atom stereocenters. The molecule has 1 aliphatic carbocycles. The van der Waals surface area contributed by atoms with E-state index in [1.165, 1.54) is 12.8 Å². The van der Waals surface area contributed by atoms with Gasteiger partial charge in [-0.3, -0.25) is 20.4 Å². The lowest BCUT2D eigenvalue weighted by Gasteiger charge is -2.29. The van der Waals surface area contributed by atoms with Crippen LogP contribution in [0.2, 0.25) is 5.02 Å². The number of aryl methyl sites for hydroxylation is 2. The molecule has 2 saturated heterocycles. The van der Waals surface area contributed by atoms with Crippen LogP contribution in [-0.4, -0.2) is 22.6 Å². The van der Waals surface area contributed by atoms with Gasteiger partial charge in [-0.15, -0.1) is 0 Å². The number of nitrogens with one attached hydrogen (secondary N) is 2. The van der Waals surface area contributed by atoms with Crippen molar-refractivity contribution in [1.82, 2.24) is 15.4 Å². The highest BCUT2D eigenvalue weighted by atomic mass is 35.5. The molecule has 0 radical (unpaired) electrons. The molecule has 1 saturated carbocycles. The first-order valence-corrected chi connectivity index (χ1v) is 10.1. The molecule has 2 N–H and O–H groups in total. The number of hydrogen-bond acceptors (Lipinski definition) is 4. The number of carbonyl (C=O) groups is 1. The molecule has 2 aliphatic heterocycles. The Morgan fingerprint density at radius 1 is 1.07 bits per heavy atom. The van der Waals surface area contributed by atoms with Crippen molar-refractivity contribution >= 4 is 23.2 Å². The summed E-state index contributed by atoms with van der Waals surface area (Å²) in [5, 5.41) is 0.669. The first-order valence-electron chi connectivity index (χ1n) is 9.72. The van der Waals surface area contributed by atoms with E-state index in [1.807, 2.05) is 35.2 Å². The first-order chi connectivity index (χ1) is 13.5. The summed E-state index contributed by atoms with van der Waals surface area (Å²) in [6.07, 6.45) is 4.09. The molecule has 1 aromatic carbocycles. The molecule has 3 fully saturated rings. The maximum absolute atomic E-state index is 13.6. The largest absolute Gasteiger partial charge is 0.316 e. The number of pyridine rings is 1. The summed E-state index contributed by atoms with van der Waals surface area (Å²) in [4.78, 5) is 27.7. The fourth-order valence-electron chi connectivity index (χ4n) is 4.79. The van der Waals surface area contributed by atoms with Crippen molar-refractivity contribution < 1.29 is 4.79 Å². The lowest BCUT2D eigenvalue weighted by molar-refractivity contribution is -0.121. The van der Waals surface area contributed by atoms with Crippen LogP contribution in [0.1, 0.15) is 30.0 Å². The van der Waals surface area contributed by atoms with Crippen molar-refractivity contribution in [2.45, 2.75) is 37.9 Å².